The SMILES string of the molecule is C=CCC1(C(=O)OC)CC(=C)N(S(=O)(=O)c2ccc(C)cc2)C1=O. The van der Waals surface area contributed by atoms with Crippen LogP contribution in [0, 0.1) is 12.3 Å². The van der Waals surface area contributed by atoms with Gasteiger partial charge < -0.3 is 4.74 Å². The lowest BCUT2D eigenvalue weighted by Crippen LogP contribution is -2.42. The van der Waals surface area contributed by atoms with Gasteiger partial charge in [0.15, 0.2) is 5.41 Å². The third kappa shape index (κ3) is 2.65. The molecule has 1 unspecified atom stereocenters. The van der Waals surface area contributed by atoms with Crippen molar-refractivity contribution in [1.29, 1.82) is 0 Å². The molecule has 7 heteroatoms. The van der Waals surface area contributed by atoms with Gasteiger partial charge in [0.2, 0.25) is 0 Å². The zero-order chi connectivity index (χ0) is 18.1. The zero-order valence-corrected chi connectivity index (χ0v) is 14.4. The number of sulfonamides is 1. The Labute approximate surface area is 141 Å². The number of nitrogens with zero attached hydrogens (tertiary/aromatic N) is 1. The topological polar surface area (TPSA) is 80.8 Å². The third-order valence-corrected chi connectivity index (χ3v) is 5.79. The van der Waals surface area contributed by atoms with E-state index < -0.39 is 27.3 Å². The van der Waals surface area contributed by atoms with Crippen LogP contribution in [0.1, 0.15) is 18.4 Å². The quantitative estimate of drug-likeness (QED) is 0.462. The lowest BCUT2D eigenvalue weighted by atomic mass is 9.82. The average Bonchev–Trinajstić information content (AvgIpc) is 2.79. The molecule has 128 valence electrons. The van der Waals surface area contributed by atoms with E-state index in [0.29, 0.717) is 4.31 Å². The molecule has 0 N–H and O–H groups in total. The first-order valence-electron chi connectivity index (χ1n) is 7.24. The summed E-state index contributed by atoms with van der Waals surface area (Å²) in [5.41, 5.74) is -0.713. The number of ether oxygens (including phenoxy) is 1. The lowest BCUT2D eigenvalue weighted by Gasteiger charge is -2.23. The molecule has 0 spiro atoms. The van der Waals surface area contributed by atoms with Gasteiger partial charge in [-0.2, -0.15) is 0 Å². The minimum Gasteiger partial charge on any atom is -0.468 e. The molecular weight excluding hydrogens is 330 g/mol. The van der Waals surface area contributed by atoms with Gasteiger partial charge in [-0.05, 0) is 25.5 Å². The standard InChI is InChI=1S/C17H19NO5S/c1-5-10-17(16(20)23-4)11-13(3)18(15(17)19)24(21,22)14-8-6-12(2)7-9-14/h5-9H,1,3,10-11H2,2,4H3. The summed E-state index contributed by atoms with van der Waals surface area (Å²) in [5.74, 6) is -1.66. The van der Waals surface area contributed by atoms with E-state index in [9.17, 15) is 18.0 Å². The van der Waals surface area contributed by atoms with Gasteiger partial charge in [0.1, 0.15) is 0 Å². The fourth-order valence-corrected chi connectivity index (χ4v) is 4.26. The molecule has 1 aliphatic heterocycles. The van der Waals surface area contributed by atoms with Gasteiger partial charge in [-0.25, -0.2) is 12.7 Å². The molecule has 0 radical (unpaired) electrons. The minimum absolute atomic E-state index is 0.0303. The van der Waals surface area contributed by atoms with Crippen LogP contribution in [0.3, 0.4) is 0 Å². The average molecular weight is 349 g/mol. The zero-order valence-electron chi connectivity index (χ0n) is 13.6. The molecule has 1 aliphatic rings. The maximum atomic E-state index is 12.9. The molecule has 1 aromatic carbocycles. The highest BCUT2D eigenvalue weighted by Gasteiger charge is 2.57. The highest BCUT2D eigenvalue weighted by Crippen LogP contribution is 2.44. The van der Waals surface area contributed by atoms with Gasteiger partial charge in [-0.15, -0.1) is 6.58 Å². The molecule has 0 aromatic heterocycles. The van der Waals surface area contributed by atoms with Crippen LogP contribution >= 0.6 is 0 Å². The summed E-state index contributed by atoms with van der Waals surface area (Å²) in [4.78, 5) is 25.0. The van der Waals surface area contributed by atoms with Crippen molar-refractivity contribution in [1.82, 2.24) is 4.31 Å². The number of amides is 1. The Morgan fingerprint density at radius 1 is 1.38 bits per heavy atom. The smallest absolute Gasteiger partial charge is 0.322 e. The minimum atomic E-state index is -4.14. The number of carbonyl (C=O) groups is 2. The number of hydrogen-bond donors (Lipinski definition) is 0. The maximum absolute atomic E-state index is 12.9. The molecule has 2 rings (SSSR count). The predicted octanol–water partition coefficient (Wildman–Crippen LogP) is 2.17. The Morgan fingerprint density at radius 3 is 2.46 bits per heavy atom. The van der Waals surface area contributed by atoms with Crippen LogP contribution in [0.4, 0.5) is 0 Å². The van der Waals surface area contributed by atoms with Crippen LogP contribution in [0.15, 0.2) is 54.1 Å². The Bertz CT molecular complexity index is 810. The first-order valence-corrected chi connectivity index (χ1v) is 8.68. The van der Waals surface area contributed by atoms with Gasteiger partial charge in [0.25, 0.3) is 15.9 Å². The molecule has 1 fully saturated rings. The van der Waals surface area contributed by atoms with Crippen LogP contribution in [-0.2, 0) is 24.3 Å². The van der Waals surface area contributed by atoms with Crippen LogP contribution in [0.5, 0.6) is 0 Å². The van der Waals surface area contributed by atoms with Crippen molar-refractivity contribution in [3.63, 3.8) is 0 Å². The molecule has 24 heavy (non-hydrogen) atoms. The summed E-state index contributed by atoms with van der Waals surface area (Å²) in [5, 5.41) is 0. The molecule has 0 aliphatic carbocycles. The highest BCUT2D eigenvalue weighted by molar-refractivity contribution is 7.89. The number of aryl methyl sites for hydroxylation is 1. The summed E-state index contributed by atoms with van der Waals surface area (Å²) >= 11 is 0. The maximum Gasteiger partial charge on any atom is 0.322 e. The van der Waals surface area contributed by atoms with E-state index >= 15 is 0 Å². The van der Waals surface area contributed by atoms with Crippen LogP contribution in [0.25, 0.3) is 0 Å². The van der Waals surface area contributed by atoms with E-state index in [4.69, 9.17) is 4.74 Å². The first-order chi connectivity index (χ1) is 11.2. The molecule has 1 heterocycles. The summed E-state index contributed by atoms with van der Waals surface area (Å²) in [7, 11) is -2.99. The highest BCUT2D eigenvalue weighted by atomic mass is 32.2. The Balaban J connectivity index is 2.53. The van der Waals surface area contributed by atoms with E-state index in [0.717, 1.165) is 12.7 Å². The van der Waals surface area contributed by atoms with E-state index in [1.54, 1.807) is 12.1 Å². The molecule has 1 amide bonds. The number of esters is 1. The fraction of sp³-hybridized carbons (Fsp3) is 0.294. The van der Waals surface area contributed by atoms with Crippen LogP contribution < -0.4 is 0 Å². The monoisotopic (exact) mass is 349 g/mol. The molecule has 1 saturated heterocycles. The number of carbonyl (C=O) groups excluding carboxylic acids is 2. The van der Waals surface area contributed by atoms with Gasteiger partial charge in [-0.3, -0.25) is 9.59 Å². The summed E-state index contributed by atoms with van der Waals surface area (Å²) in [6, 6.07) is 6.09. The number of benzene rings is 1. The van der Waals surface area contributed by atoms with Crippen molar-refractivity contribution >= 4 is 21.9 Å². The second-order valence-electron chi connectivity index (χ2n) is 5.70. The molecule has 1 aromatic rings. The van der Waals surface area contributed by atoms with Crippen molar-refractivity contribution < 1.29 is 22.7 Å². The van der Waals surface area contributed by atoms with E-state index in [-0.39, 0.29) is 23.4 Å². The number of hydrogen-bond acceptors (Lipinski definition) is 5. The second kappa shape index (κ2) is 6.24. The van der Waals surface area contributed by atoms with Gasteiger partial charge in [0, 0.05) is 12.1 Å². The number of allylic oxidation sites excluding steroid dienone is 2. The first kappa shape index (κ1) is 17.9. The number of rotatable bonds is 5. The fourth-order valence-electron chi connectivity index (χ4n) is 2.77. The molecule has 0 bridgehead atoms. The van der Waals surface area contributed by atoms with Crippen LogP contribution in [0.2, 0.25) is 0 Å². The van der Waals surface area contributed by atoms with E-state index in [2.05, 4.69) is 13.2 Å². The molecule has 1 atom stereocenters. The largest absolute Gasteiger partial charge is 0.468 e. The van der Waals surface area contributed by atoms with E-state index in [1.807, 2.05) is 6.92 Å². The number of methoxy groups -OCH3 is 1. The second-order valence-corrected chi connectivity index (χ2v) is 7.48. The van der Waals surface area contributed by atoms with Crippen molar-refractivity contribution in [3.8, 4) is 0 Å². The van der Waals surface area contributed by atoms with Gasteiger partial charge in [0.05, 0.1) is 12.0 Å². The molecular formula is C17H19NO5S. The predicted molar refractivity (Wildman–Crippen MR) is 88.2 cm³/mol. The van der Waals surface area contributed by atoms with Crippen molar-refractivity contribution in [3.05, 3.63) is 54.8 Å². The summed E-state index contributed by atoms with van der Waals surface area (Å²) in [6.07, 6.45) is 1.23. The normalized spacial score (nSPS) is 21.0. The third-order valence-electron chi connectivity index (χ3n) is 4.02. The summed E-state index contributed by atoms with van der Waals surface area (Å²) in [6.45, 7) is 9.04. The van der Waals surface area contributed by atoms with Crippen LogP contribution in [-0.4, -0.2) is 31.7 Å². The van der Waals surface area contributed by atoms with E-state index in [1.165, 1.54) is 18.2 Å². The summed E-state index contributed by atoms with van der Waals surface area (Å²) < 4.78 is 31.0. The van der Waals surface area contributed by atoms with Gasteiger partial charge in [-0.1, -0.05) is 30.4 Å². The molecule has 6 nitrogen and oxygen atoms in total. The molecule has 0 saturated carbocycles. The van der Waals surface area contributed by atoms with Crippen molar-refractivity contribution in [2.45, 2.75) is 24.7 Å². The Morgan fingerprint density at radius 2 is 1.96 bits per heavy atom. The Kier molecular flexibility index (Phi) is 4.66. The van der Waals surface area contributed by atoms with Crippen molar-refractivity contribution in [2.75, 3.05) is 7.11 Å². The lowest BCUT2D eigenvalue weighted by molar-refractivity contribution is -0.157. The Hall–Kier alpha value is -2.41. The van der Waals surface area contributed by atoms with Crippen molar-refractivity contribution in [2.24, 2.45) is 5.41 Å². The van der Waals surface area contributed by atoms with Gasteiger partial charge >= 0.3 is 5.97 Å².